The maximum Gasteiger partial charge on any atom is 0.256 e. The number of carbonyl (C=O) groups excluding carboxylic acids is 2. The summed E-state index contributed by atoms with van der Waals surface area (Å²) in [5.74, 6) is -1.18. The van der Waals surface area contributed by atoms with E-state index in [-0.39, 0.29) is 40.8 Å². The van der Waals surface area contributed by atoms with Crippen LogP contribution in [0.2, 0.25) is 0 Å². The fraction of sp³-hybridized carbons (Fsp3) is 0.529. The summed E-state index contributed by atoms with van der Waals surface area (Å²) in [6.45, 7) is 0.766. The molecule has 1 aromatic rings. The topological polar surface area (TPSA) is 83.6 Å². The Morgan fingerprint density at radius 1 is 1.12 bits per heavy atom. The number of amides is 2. The summed E-state index contributed by atoms with van der Waals surface area (Å²) in [4.78, 5) is 26.2. The predicted molar refractivity (Wildman–Crippen MR) is 90.2 cm³/mol. The molecule has 2 saturated heterocycles. The van der Waals surface area contributed by atoms with Crippen LogP contribution in [0.5, 0.6) is 0 Å². The van der Waals surface area contributed by atoms with Crippen LogP contribution in [0.4, 0.5) is 4.39 Å². The van der Waals surface area contributed by atoms with Gasteiger partial charge in [0.05, 0.1) is 17.1 Å². The molecule has 25 heavy (non-hydrogen) atoms. The summed E-state index contributed by atoms with van der Waals surface area (Å²) in [6, 6.07) is 5.55. The lowest BCUT2D eigenvalue weighted by Crippen LogP contribution is -2.45. The fourth-order valence-corrected chi connectivity index (χ4v) is 5.05. The van der Waals surface area contributed by atoms with Gasteiger partial charge >= 0.3 is 0 Å². The number of hydrogen-bond donors (Lipinski definition) is 1. The molecule has 1 unspecified atom stereocenters. The standard InChI is InChI=1S/C17H21FN2O4S/c18-15-4-2-1-3-14(15)17(22)20-8-5-12(6-9-20)16(21)19-13-7-10-25(23,24)11-13/h1-4,12-13H,5-11H2,(H,19,21). The van der Waals surface area contributed by atoms with Gasteiger partial charge in [0, 0.05) is 25.0 Å². The number of piperidine rings is 1. The second kappa shape index (κ2) is 7.11. The van der Waals surface area contributed by atoms with Crippen LogP contribution in [0.3, 0.4) is 0 Å². The first kappa shape index (κ1) is 17.8. The Kier molecular flexibility index (Phi) is 5.08. The molecule has 0 saturated carbocycles. The number of likely N-dealkylation sites (tertiary alicyclic amines) is 1. The highest BCUT2D eigenvalue weighted by Crippen LogP contribution is 2.21. The summed E-state index contributed by atoms with van der Waals surface area (Å²) in [7, 11) is -3.03. The molecule has 2 aliphatic heterocycles. The van der Waals surface area contributed by atoms with E-state index in [1.165, 1.54) is 18.2 Å². The van der Waals surface area contributed by atoms with Crippen LogP contribution in [0.25, 0.3) is 0 Å². The van der Waals surface area contributed by atoms with Crippen LogP contribution < -0.4 is 5.32 Å². The number of hydrogen-bond acceptors (Lipinski definition) is 4. The average Bonchev–Trinajstić information content (AvgIpc) is 2.93. The van der Waals surface area contributed by atoms with Gasteiger partial charge in [0.1, 0.15) is 5.82 Å². The van der Waals surface area contributed by atoms with Crippen molar-refractivity contribution in [1.29, 1.82) is 0 Å². The minimum Gasteiger partial charge on any atom is -0.352 e. The minimum absolute atomic E-state index is 0.00333. The number of nitrogens with one attached hydrogen (secondary N) is 1. The van der Waals surface area contributed by atoms with E-state index in [0.29, 0.717) is 32.4 Å². The molecular formula is C17H21FN2O4S. The zero-order chi connectivity index (χ0) is 18.0. The Hall–Kier alpha value is -1.96. The number of nitrogens with zero attached hydrogens (tertiary/aromatic N) is 1. The molecule has 136 valence electrons. The van der Waals surface area contributed by atoms with Crippen molar-refractivity contribution in [2.45, 2.75) is 25.3 Å². The molecule has 0 aliphatic carbocycles. The quantitative estimate of drug-likeness (QED) is 0.862. The van der Waals surface area contributed by atoms with Crippen molar-refractivity contribution in [3.05, 3.63) is 35.6 Å². The lowest BCUT2D eigenvalue weighted by atomic mass is 9.95. The van der Waals surface area contributed by atoms with E-state index in [1.807, 2.05) is 0 Å². The van der Waals surface area contributed by atoms with Gasteiger partial charge in [-0.05, 0) is 31.4 Å². The lowest BCUT2D eigenvalue weighted by Gasteiger charge is -2.32. The third-order valence-electron chi connectivity index (χ3n) is 4.84. The van der Waals surface area contributed by atoms with Crippen molar-refractivity contribution in [3.8, 4) is 0 Å². The highest BCUT2D eigenvalue weighted by Gasteiger charge is 2.33. The van der Waals surface area contributed by atoms with Crippen molar-refractivity contribution in [2.75, 3.05) is 24.6 Å². The van der Waals surface area contributed by atoms with Gasteiger partial charge in [-0.1, -0.05) is 12.1 Å². The molecule has 1 N–H and O–H groups in total. The maximum absolute atomic E-state index is 13.7. The number of rotatable bonds is 3. The van der Waals surface area contributed by atoms with Crippen LogP contribution >= 0.6 is 0 Å². The second-order valence-electron chi connectivity index (χ2n) is 6.65. The van der Waals surface area contributed by atoms with E-state index >= 15 is 0 Å². The summed E-state index contributed by atoms with van der Waals surface area (Å²) >= 11 is 0. The molecule has 0 aromatic heterocycles. The number of carbonyl (C=O) groups is 2. The largest absolute Gasteiger partial charge is 0.352 e. The molecular weight excluding hydrogens is 347 g/mol. The molecule has 0 spiro atoms. The number of benzene rings is 1. The van der Waals surface area contributed by atoms with Gasteiger partial charge in [-0.2, -0.15) is 0 Å². The average molecular weight is 368 g/mol. The normalized spacial score (nSPS) is 23.4. The van der Waals surface area contributed by atoms with Gasteiger partial charge in [-0.3, -0.25) is 9.59 Å². The van der Waals surface area contributed by atoms with Crippen LogP contribution in [0.15, 0.2) is 24.3 Å². The third kappa shape index (κ3) is 4.18. The van der Waals surface area contributed by atoms with E-state index in [4.69, 9.17) is 0 Å². The van der Waals surface area contributed by atoms with Crippen LogP contribution in [-0.4, -0.2) is 55.8 Å². The van der Waals surface area contributed by atoms with Crippen molar-refractivity contribution in [3.63, 3.8) is 0 Å². The van der Waals surface area contributed by atoms with Gasteiger partial charge in [0.2, 0.25) is 5.91 Å². The van der Waals surface area contributed by atoms with Crippen molar-refractivity contribution >= 4 is 21.7 Å². The predicted octanol–water partition coefficient (Wildman–Crippen LogP) is 0.981. The summed E-state index contributed by atoms with van der Waals surface area (Å²) in [5.41, 5.74) is 0.0431. The first-order chi connectivity index (χ1) is 11.9. The Labute approximate surface area is 146 Å². The van der Waals surface area contributed by atoms with E-state index in [9.17, 15) is 22.4 Å². The third-order valence-corrected chi connectivity index (χ3v) is 6.60. The summed E-state index contributed by atoms with van der Waals surface area (Å²) in [6.07, 6.45) is 1.44. The van der Waals surface area contributed by atoms with E-state index < -0.39 is 15.7 Å². The van der Waals surface area contributed by atoms with Crippen molar-refractivity contribution < 1.29 is 22.4 Å². The van der Waals surface area contributed by atoms with Crippen LogP contribution in [0, 0.1) is 11.7 Å². The Bertz CT molecular complexity index is 773. The fourth-order valence-electron chi connectivity index (χ4n) is 3.38. The molecule has 8 heteroatoms. The first-order valence-electron chi connectivity index (χ1n) is 8.40. The SMILES string of the molecule is O=C(NC1CCS(=O)(=O)C1)C1CCN(C(=O)c2ccccc2F)CC1. The minimum atomic E-state index is -3.03. The highest BCUT2D eigenvalue weighted by atomic mass is 32.2. The molecule has 2 amide bonds. The van der Waals surface area contributed by atoms with E-state index in [0.717, 1.165) is 0 Å². The lowest BCUT2D eigenvalue weighted by molar-refractivity contribution is -0.126. The van der Waals surface area contributed by atoms with E-state index in [1.54, 1.807) is 11.0 Å². The summed E-state index contributed by atoms with van der Waals surface area (Å²) < 4.78 is 36.6. The zero-order valence-corrected chi connectivity index (χ0v) is 14.6. The van der Waals surface area contributed by atoms with Gasteiger partial charge in [0.15, 0.2) is 9.84 Å². The van der Waals surface area contributed by atoms with Gasteiger partial charge in [0.25, 0.3) is 5.91 Å². The maximum atomic E-state index is 13.7. The number of halogens is 1. The Morgan fingerprint density at radius 2 is 1.80 bits per heavy atom. The van der Waals surface area contributed by atoms with Crippen molar-refractivity contribution in [2.24, 2.45) is 5.92 Å². The molecule has 6 nitrogen and oxygen atoms in total. The molecule has 0 radical (unpaired) electrons. The Balaban J connectivity index is 1.52. The summed E-state index contributed by atoms with van der Waals surface area (Å²) in [5, 5.41) is 2.81. The first-order valence-corrected chi connectivity index (χ1v) is 10.2. The molecule has 2 fully saturated rings. The van der Waals surface area contributed by atoms with Gasteiger partial charge in [-0.15, -0.1) is 0 Å². The van der Waals surface area contributed by atoms with Crippen molar-refractivity contribution in [1.82, 2.24) is 10.2 Å². The van der Waals surface area contributed by atoms with Gasteiger partial charge < -0.3 is 10.2 Å². The van der Waals surface area contributed by atoms with Crippen LogP contribution in [-0.2, 0) is 14.6 Å². The molecule has 2 heterocycles. The zero-order valence-electron chi connectivity index (χ0n) is 13.8. The Morgan fingerprint density at radius 3 is 2.40 bits per heavy atom. The van der Waals surface area contributed by atoms with Crippen LogP contribution in [0.1, 0.15) is 29.6 Å². The molecule has 3 rings (SSSR count). The highest BCUT2D eigenvalue weighted by molar-refractivity contribution is 7.91. The monoisotopic (exact) mass is 368 g/mol. The smallest absolute Gasteiger partial charge is 0.256 e. The molecule has 1 atom stereocenters. The number of sulfone groups is 1. The molecule has 1 aromatic carbocycles. The van der Waals surface area contributed by atoms with E-state index in [2.05, 4.69) is 5.32 Å². The molecule has 0 bridgehead atoms. The van der Waals surface area contributed by atoms with Gasteiger partial charge in [-0.25, -0.2) is 12.8 Å². The molecule has 2 aliphatic rings. The second-order valence-corrected chi connectivity index (χ2v) is 8.88.